The summed E-state index contributed by atoms with van der Waals surface area (Å²) in [7, 11) is 0. The molecule has 0 unspecified atom stereocenters. The Morgan fingerprint density at radius 1 is 1.41 bits per heavy atom. The summed E-state index contributed by atoms with van der Waals surface area (Å²) >= 11 is 1.45. The Labute approximate surface area is 106 Å². The maximum atomic E-state index is 11.5. The molecule has 1 rings (SSSR count). The maximum Gasteiger partial charge on any atom is 0.240 e. The van der Waals surface area contributed by atoms with E-state index in [1.165, 1.54) is 11.3 Å². The summed E-state index contributed by atoms with van der Waals surface area (Å²) < 4.78 is 0. The first-order valence-corrected chi connectivity index (χ1v) is 6.76. The Morgan fingerprint density at radius 3 is 2.82 bits per heavy atom. The minimum atomic E-state index is -0.0642. The highest BCUT2D eigenvalue weighted by Gasteiger charge is 2.08. The molecule has 1 aromatic rings. The van der Waals surface area contributed by atoms with Gasteiger partial charge in [-0.05, 0) is 18.9 Å². The van der Waals surface area contributed by atoms with Crippen LogP contribution in [-0.4, -0.2) is 29.2 Å². The normalized spacial score (nSPS) is 10.8. The lowest BCUT2D eigenvalue weighted by Gasteiger charge is -2.01. The first-order valence-electron chi connectivity index (χ1n) is 5.94. The summed E-state index contributed by atoms with van der Waals surface area (Å²) in [5, 5.41) is 15.3. The van der Waals surface area contributed by atoms with E-state index in [4.69, 9.17) is 0 Å². The molecule has 0 aliphatic rings. The lowest BCUT2D eigenvalue weighted by atomic mass is 10.1. The Bertz CT molecular complexity index is 351. The molecular formula is C11H20N4OS. The molecule has 0 bridgehead atoms. The summed E-state index contributed by atoms with van der Waals surface area (Å²) in [4.78, 5) is 11.5. The number of carbonyl (C=O) groups excluding carboxylic acids is 1. The number of amides is 1. The molecule has 96 valence electrons. The molecule has 5 nitrogen and oxygen atoms in total. The van der Waals surface area contributed by atoms with Gasteiger partial charge in [0.1, 0.15) is 5.01 Å². The largest absolute Gasteiger partial charge is 0.308 e. The number of nitrogens with one attached hydrogen (secondary N) is 2. The van der Waals surface area contributed by atoms with Gasteiger partial charge in [-0.1, -0.05) is 32.1 Å². The molecule has 2 N–H and O–H groups in total. The van der Waals surface area contributed by atoms with Crippen LogP contribution in [0.15, 0.2) is 0 Å². The van der Waals surface area contributed by atoms with Crippen molar-refractivity contribution in [2.75, 3.05) is 18.4 Å². The third kappa shape index (κ3) is 5.74. The van der Waals surface area contributed by atoms with Crippen molar-refractivity contribution in [1.82, 2.24) is 15.5 Å². The highest BCUT2D eigenvalue weighted by molar-refractivity contribution is 7.15. The van der Waals surface area contributed by atoms with E-state index in [0.29, 0.717) is 17.6 Å². The van der Waals surface area contributed by atoms with Crippen LogP contribution in [0.5, 0.6) is 0 Å². The molecule has 1 amide bonds. The summed E-state index contributed by atoms with van der Waals surface area (Å²) in [6.07, 6.45) is 1.92. The van der Waals surface area contributed by atoms with Crippen LogP contribution >= 0.6 is 11.3 Å². The zero-order chi connectivity index (χ0) is 12.7. The van der Waals surface area contributed by atoms with Crippen molar-refractivity contribution in [3.05, 3.63) is 5.01 Å². The van der Waals surface area contributed by atoms with E-state index in [0.717, 1.165) is 24.4 Å². The number of aromatic nitrogens is 2. The first kappa shape index (κ1) is 14.1. The molecule has 0 fully saturated rings. The topological polar surface area (TPSA) is 66.9 Å². The van der Waals surface area contributed by atoms with Crippen molar-refractivity contribution in [3.8, 4) is 0 Å². The van der Waals surface area contributed by atoms with Gasteiger partial charge < -0.3 is 5.32 Å². The van der Waals surface area contributed by atoms with E-state index < -0.39 is 0 Å². The fourth-order valence-electron chi connectivity index (χ4n) is 1.28. The van der Waals surface area contributed by atoms with Gasteiger partial charge in [0.2, 0.25) is 11.0 Å². The second-order valence-corrected chi connectivity index (χ2v) is 5.39. The summed E-state index contributed by atoms with van der Waals surface area (Å²) in [5.74, 6) is 0.489. The maximum absolute atomic E-state index is 11.5. The van der Waals surface area contributed by atoms with Gasteiger partial charge in [0.15, 0.2) is 0 Å². The Kier molecular flexibility index (Phi) is 6.07. The second-order valence-electron chi connectivity index (χ2n) is 4.32. The van der Waals surface area contributed by atoms with Crippen LogP contribution in [0.3, 0.4) is 0 Å². The molecule has 6 heteroatoms. The van der Waals surface area contributed by atoms with Crippen LogP contribution in [-0.2, 0) is 11.2 Å². The SMILES string of the molecule is CCCNCC(=O)Nc1nnc(CC(C)C)s1. The average molecular weight is 256 g/mol. The quantitative estimate of drug-likeness (QED) is 0.728. The van der Waals surface area contributed by atoms with Crippen molar-refractivity contribution >= 4 is 22.4 Å². The molecule has 0 aliphatic heterocycles. The van der Waals surface area contributed by atoms with Crippen LogP contribution in [0.25, 0.3) is 0 Å². The molecule has 0 aromatic carbocycles. The van der Waals surface area contributed by atoms with E-state index in [1.54, 1.807) is 0 Å². The van der Waals surface area contributed by atoms with E-state index in [1.807, 2.05) is 0 Å². The van der Waals surface area contributed by atoms with E-state index in [2.05, 4.69) is 41.6 Å². The molecular weight excluding hydrogens is 236 g/mol. The fourth-order valence-corrected chi connectivity index (χ4v) is 2.25. The van der Waals surface area contributed by atoms with Crippen molar-refractivity contribution in [3.63, 3.8) is 0 Å². The summed E-state index contributed by atoms with van der Waals surface area (Å²) in [6, 6.07) is 0. The Hall–Kier alpha value is -1.01. The molecule has 0 atom stereocenters. The Balaban J connectivity index is 2.35. The van der Waals surface area contributed by atoms with Crippen molar-refractivity contribution < 1.29 is 4.79 Å². The van der Waals surface area contributed by atoms with Gasteiger partial charge in [-0.25, -0.2) is 0 Å². The van der Waals surface area contributed by atoms with Gasteiger partial charge in [0.05, 0.1) is 6.54 Å². The predicted molar refractivity (Wildman–Crippen MR) is 70.2 cm³/mol. The molecule has 0 spiro atoms. The average Bonchev–Trinajstić information content (AvgIpc) is 2.64. The minimum absolute atomic E-state index is 0.0642. The zero-order valence-electron chi connectivity index (χ0n) is 10.6. The van der Waals surface area contributed by atoms with Gasteiger partial charge >= 0.3 is 0 Å². The molecule has 0 aliphatic carbocycles. The van der Waals surface area contributed by atoms with Crippen molar-refractivity contribution in [2.45, 2.75) is 33.6 Å². The molecule has 0 radical (unpaired) electrons. The minimum Gasteiger partial charge on any atom is -0.308 e. The monoisotopic (exact) mass is 256 g/mol. The molecule has 0 saturated heterocycles. The lowest BCUT2D eigenvalue weighted by molar-refractivity contribution is -0.115. The number of hydrogen-bond donors (Lipinski definition) is 2. The number of hydrogen-bond acceptors (Lipinski definition) is 5. The predicted octanol–water partition coefficient (Wildman–Crippen LogP) is 1.67. The molecule has 1 heterocycles. The lowest BCUT2D eigenvalue weighted by Crippen LogP contribution is -2.28. The number of nitrogens with zero attached hydrogens (tertiary/aromatic N) is 2. The smallest absolute Gasteiger partial charge is 0.240 e. The molecule has 0 saturated carbocycles. The molecule has 17 heavy (non-hydrogen) atoms. The summed E-state index contributed by atoms with van der Waals surface area (Å²) in [6.45, 7) is 7.51. The zero-order valence-corrected chi connectivity index (χ0v) is 11.4. The number of rotatable bonds is 7. The van der Waals surface area contributed by atoms with Crippen LogP contribution in [0.4, 0.5) is 5.13 Å². The van der Waals surface area contributed by atoms with Gasteiger partial charge in [-0.2, -0.15) is 0 Å². The second kappa shape index (κ2) is 7.34. The van der Waals surface area contributed by atoms with E-state index in [9.17, 15) is 4.79 Å². The van der Waals surface area contributed by atoms with Gasteiger partial charge in [-0.15, -0.1) is 10.2 Å². The van der Waals surface area contributed by atoms with Crippen LogP contribution in [0, 0.1) is 5.92 Å². The van der Waals surface area contributed by atoms with Crippen LogP contribution in [0.2, 0.25) is 0 Å². The molecule has 1 aromatic heterocycles. The number of carbonyl (C=O) groups is 1. The van der Waals surface area contributed by atoms with Crippen LogP contribution < -0.4 is 10.6 Å². The van der Waals surface area contributed by atoms with Gasteiger partial charge in [0.25, 0.3) is 0 Å². The number of anilines is 1. The third-order valence-corrected chi connectivity index (χ3v) is 2.87. The standard InChI is InChI=1S/C11H20N4OS/c1-4-5-12-7-9(16)13-11-15-14-10(17-11)6-8(2)3/h8,12H,4-7H2,1-3H3,(H,13,15,16). The fraction of sp³-hybridized carbons (Fsp3) is 0.727. The van der Waals surface area contributed by atoms with Crippen molar-refractivity contribution in [2.24, 2.45) is 5.92 Å². The first-order chi connectivity index (χ1) is 8.11. The van der Waals surface area contributed by atoms with E-state index in [-0.39, 0.29) is 5.91 Å². The highest BCUT2D eigenvalue weighted by Crippen LogP contribution is 2.17. The van der Waals surface area contributed by atoms with Gasteiger partial charge in [0, 0.05) is 6.42 Å². The van der Waals surface area contributed by atoms with Crippen LogP contribution in [0.1, 0.15) is 32.2 Å². The van der Waals surface area contributed by atoms with Gasteiger partial charge in [-0.3, -0.25) is 10.1 Å². The Morgan fingerprint density at radius 2 is 2.18 bits per heavy atom. The van der Waals surface area contributed by atoms with E-state index >= 15 is 0 Å². The van der Waals surface area contributed by atoms with Crippen molar-refractivity contribution in [1.29, 1.82) is 0 Å². The summed E-state index contributed by atoms with van der Waals surface area (Å²) in [5.41, 5.74) is 0. The third-order valence-electron chi connectivity index (χ3n) is 2.01. The highest BCUT2D eigenvalue weighted by atomic mass is 32.1.